The zero-order valence-electron chi connectivity index (χ0n) is 21.1. The normalized spacial score (nSPS) is 16.7. The SMILES string of the molecule is O=[N+]([O-])c1ccc2c(C(O)(CN3CCC(Oc4ccccc4)CC3)C(F)(F)F)cn(Cc3ccccc3)c2c1. The standard InChI is InChI=1S/C29H28F3N3O4/c30-29(31,32)28(36,20-33-15-13-24(14-16-33)39-23-9-5-2-6-10-23)26-19-34(18-21-7-3-1-4-8-21)27-17-22(35(37)38)11-12-25(26)27/h1-12,17,19,24,36H,13-16,18,20H2. The van der Waals surface area contributed by atoms with Crippen molar-refractivity contribution in [2.75, 3.05) is 19.6 Å². The topological polar surface area (TPSA) is 80.8 Å². The first kappa shape index (κ1) is 26.7. The molecule has 1 N–H and O–H groups in total. The van der Waals surface area contributed by atoms with Crippen molar-refractivity contribution >= 4 is 16.6 Å². The molecule has 0 spiro atoms. The van der Waals surface area contributed by atoms with Gasteiger partial charge in [-0.25, -0.2) is 0 Å². The molecule has 0 amide bonds. The number of para-hydroxylation sites is 1. The molecule has 1 fully saturated rings. The van der Waals surface area contributed by atoms with E-state index in [9.17, 15) is 28.4 Å². The Bertz CT molecular complexity index is 1430. The fraction of sp³-hybridized carbons (Fsp3) is 0.310. The molecule has 7 nitrogen and oxygen atoms in total. The number of nitro groups is 1. The summed E-state index contributed by atoms with van der Waals surface area (Å²) in [6, 6.07) is 22.1. The van der Waals surface area contributed by atoms with E-state index in [0.717, 1.165) is 5.56 Å². The number of halogens is 3. The third-order valence-electron chi connectivity index (χ3n) is 7.22. The first-order chi connectivity index (χ1) is 18.6. The summed E-state index contributed by atoms with van der Waals surface area (Å²) in [5, 5.41) is 22.9. The number of hydrogen-bond acceptors (Lipinski definition) is 5. The van der Waals surface area contributed by atoms with Gasteiger partial charge in [-0.15, -0.1) is 0 Å². The van der Waals surface area contributed by atoms with Crippen LogP contribution in [0.2, 0.25) is 0 Å². The maximum absolute atomic E-state index is 14.7. The molecule has 2 heterocycles. The van der Waals surface area contributed by atoms with Crippen LogP contribution in [0.5, 0.6) is 5.75 Å². The van der Waals surface area contributed by atoms with E-state index in [2.05, 4.69) is 0 Å². The van der Waals surface area contributed by atoms with Crippen LogP contribution in [0.3, 0.4) is 0 Å². The highest BCUT2D eigenvalue weighted by atomic mass is 19.4. The largest absolute Gasteiger partial charge is 0.490 e. The van der Waals surface area contributed by atoms with E-state index in [1.807, 2.05) is 60.7 Å². The lowest BCUT2D eigenvalue weighted by Crippen LogP contribution is -2.53. The lowest BCUT2D eigenvalue weighted by atomic mass is 9.91. The van der Waals surface area contributed by atoms with Crippen molar-refractivity contribution in [2.45, 2.75) is 37.3 Å². The number of nitro benzene ring substituents is 1. The number of rotatable bonds is 8. The quantitative estimate of drug-likeness (QED) is 0.223. The van der Waals surface area contributed by atoms with Crippen LogP contribution in [0.15, 0.2) is 85.1 Å². The minimum atomic E-state index is -4.99. The molecule has 39 heavy (non-hydrogen) atoms. The summed E-state index contributed by atoms with van der Waals surface area (Å²) in [7, 11) is 0. The number of benzene rings is 3. The predicted octanol–water partition coefficient (Wildman–Crippen LogP) is 5.89. The Morgan fingerprint density at radius 1 is 0.974 bits per heavy atom. The number of likely N-dealkylation sites (tertiary alicyclic amines) is 1. The average Bonchev–Trinajstić information content (AvgIpc) is 3.28. The number of alkyl halides is 3. The van der Waals surface area contributed by atoms with E-state index in [4.69, 9.17) is 4.74 Å². The number of piperidine rings is 1. The molecule has 0 bridgehead atoms. The Morgan fingerprint density at radius 3 is 2.23 bits per heavy atom. The van der Waals surface area contributed by atoms with Gasteiger partial charge in [-0.3, -0.25) is 15.0 Å². The highest BCUT2D eigenvalue weighted by molar-refractivity contribution is 5.87. The van der Waals surface area contributed by atoms with E-state index < -0.39 is 23.2 Å². The summed E-state index contributed by atoms with van der Waals surface area (Å²) in [4.78, 5) is 12.4. The summed E-state index contributed by atoms with van der Waals surface area (Å²) in [6.07, 6.45) is -2.80. The fourth-order valence-electron chi connectivity index (χ4n) is 5.16. The van der Waals surface area contributed by atoms with Gasteiger partial charge in [-0.1, -0.05) is 48.5 Å². The first-order valence-electron chi connectivity index (χ1n) is 12.7. The second kappa shape index (κ2) is 10.7. The van der Waals surface area contributed by atoms with Crippen LogP contribution in [0.1, 0.15) is 24.0 Å². The highest BCUT2D eigenvalue weighted by Gasteiger charge is 2.57. The Morgan fingerprint density at radius 2 is 1.62 bits per heavy atom. The second-order valence-corrected chi connectivity index (χ2v) is 9.88. The van der Waals surface area contributed by atoms with Crippen LogP contribution >= 0.6 is 0 Å². The van der Waals surface area contributed by atoms with Crippen LogP contribution in [0.25, 0.3) is 10.9 Å². The third-order valence-corrected chi connectivity index (χ3v) is 7.22. The molecule has 4 aromatic rings. The number of ether oxygens (including phenoxy) is 1. The van der Waals surface area contributed by atoms with Gasteiger partial charge in [-0.2, -0.15) is 13.2 Å². The molecule has 0 aliphatic carbocycles. The summed E-state index contributed by atoms with van der Waals surface area (Å²) in [5.74, 6) is 0.711. The molecule has 1 aromatic heterocycles. The molecule has 3 aromatic carbocycles. The van der Waals surface area contributed by atoms with Gasteiger partial charge >= 0.3 is 6.18 Å². The molecule has 1 saturated heterocycles. The average molecular weight is 540 g/mol. The first-order valence-corrected chi connectivity index (χ1v) is 12.7. The molecule has 0 radical (unpaired) electrons. The van der Waals surface area contributed by atoms with Crippen molar-refractivity contribution in [1.82, 2.24) is 9.47 Å². The monoisotopic (exact) mass is 539 g/mol. The maximum Gasteiger partial charge on any atom is 0.422 e. The molecule has 10 heteroatoms. The third kappa shape index (κ3) is 5.62. The van der Waals surface area contributed by atoms with E-state index in [1.165, 1.54) is 29.0 Å². The molecule has 1 aliphatic heterocycles. The Hall–Kier alpha value is -3.89. The summed E-state index contributed by atoms with van der Waals surface area (Å²) in [6.45, 7) is 0.179. The smallest absolute Gasteiger partial charge is 0.422 e. The van der Waals surface area contributed by atoms with Crippen molar-refractivity contribution < 1.29 is 27.9 Å². The number of aromatic nitrogens is 1. The van der Waals surface area contributed by atoms with Gasteiger partial charge in [0.15, 0.2) is 0 Å². The zero-order chi connectivity index (χ0) is 27.6. The number of non-ortho nitro benzene ring substituents is 1. The lowest BCUT2D eigenvalue weighted by molar-refractivity contribution is -0.384. The molecule has 1 unspecified atom stereocenters. The van der Waals surface area contributed by atoms with E-state index in [0.29, 0.717) is 31.7 Å². The van der Waals surface area contributed by atoms with Crippen LogP contribution in [-0.4, -0.2) is 51.4 Å². The van der Waals surface area contributed by atoms with Gasteiger partial charge in [0.05, 0.1) is 10.4 Å². The Labute approximate surface area is 223 Å². The van der Waals surface area contributed by atoms with Gasteiger partial charge in [0, 0.05) is 55.5 Å². The highest BCUT2D eigenvalue weighted by Crippen LogP contribution is 2.44. The molecule has 0 saturated carbocycles. The van der Waals surface area contributed by atoms with Gasteiger partial charge in [-0.05, 0) is 36.6 Å². The van der Waals surface area contributed by atoms with Crippen LogP contribution in [0, 0.1) is 10.1 Å². The van der Waals surface area contributed by atoms with Crippen molar-refractivity contribution in [3.05, 3.63) is 106 Å². The molecule has 1 aliphatic rings. The van der Waals surface area contributed by atoms with Crippen molar-refractivity contribution in [3.63, 3.8) is 0 Å². The van der Waals surface area contributed by atoms with Gasteiger partial charge in [0.2, 0.25) is 5.60 Å². The molecule has 204 valence electrons. The van der Waals surface area contributed by atoms with E-state index in [-0.39, 0.29) is 34.8 Å². The predicted molar refractivity (Wildman–Crippen MR) is 141 cm³/mol. The van der Waals surface area contributed by atoms with E-state index in [1.54, 1.807) is 4.90 Å². The second-order valence-electron chi connectivity index (χ2n) is 9.88. The van der Waals surface area contributed by atoms with Crippen LogP contribution < -0.4 is 4.74 Å². The summed E-state index contributed by atoms with van der Waals surface area (Å²) >= 11 is 0. The number of fused-ring (bicyclic) bond motifs is 1. The van der Waals surface area contributed by atoms with Gasteiger partial charge < -0.3 is 14.4 Å². The number of hydrogen-bond donors (Lipinski definition) is 1. The van der Waals surface area contributed by atoms with Crippen LogP contribution in [0.4, 0.5) is 18.9 Å². The van der Waals surface area contributed by atoms with Crippen molar-refractivity contribution in [1.29, 1.82) is 0 Å². The number of nitrogens with zero attached hydrogens (tertiary/aromatic N) is 3. The van der Waals surface area contributed by atoms with E-state index >= 15 is 0 Å². The van der Waals surface area contributed by atoms with Gasteiger partial charge in [0.25, 0.3) is 5.69 Å². The number of aliphatic hydroxyl groups is 1. The lowest BCUT2D eigenvalue weighted by Gasteiger charge is -2.39. The minimum absolute atomic E-state index is 0.124. The fourth-order valence-corrected chi connectivity index (χ4v) is 5.16. The molecular weight excluding hydrogens is 511 g/mol. The number of β-amino-alcohol motifs (C(OH)–C–C–N with tert-alkyl or cyclic N) is 1. The summed E-state index contributed by atoms with van der Waals surface area (Å²) in [5.41, 5.74) is -2.68. The van der Waals surface area contributed by atoms with Crippen molar-refractivity contribution in [3.8, 4) is 5.75 Å². The Balaban J connectivity index is 1.45. The van der Waals surface area contributed by atoms with Gasteiger partial charge in [0.1, 0.15) is 11.9 Å². The molecule has 5 rings (SSSR count). The zero-order valence-corrected chi connectivity index (χ0v) is 21.1. The maximum atomic E-state index is 14.7. The molecule has 1 atom stereocenters. The Kier molecular flexibility index (Phi) is 7.33. The summed E-state index contributed by atoms with van der Waals surface area (Å²) < 4.78 is 51.5. The molecular formula is C29H28F3N3O4. The van der Waals surface area contributed by atoms with Crippen LogP contribution in [-0.2, 0) is 12.1 Å². The minimum Gasteiger partial charge on any atom is -0.490 e. The van der Waals surface area contributed by atoms with Crippen molar-refractivity contribution in [2.24, 2.45) is 0 Å².